The smallest absolute Gasteiger partial charge is 0.240 e. The molecule has 23 heavy (non-hydrogen) atoms. The zero-order valence-corrected chi connectivity index (χ0v) is 12.7. The molecule has 1 aromatic carbocycles. The normalized spacial score (nSPS) is 12.3. The molecule has 0 saturated heterocycles. The van der Waals surface area contributed by atoms with Crippen LogP contribution in [0.4, 0.5) is 0 Å². The van der Waals surface area contributed by atoms with E-state index in [-0.39, 0.29) is 19.0 Å². The van der Waals surface area contributed by atoms with Crippen LogP contribution in [0, 0.1) is 0 Å². The first-order valence-corrected chi connectivity index (χ1v) is 7.28. The summed E-state index contributed by atoms with van der Waals surface area (Å²) in [5.74, 6) is 1.04. The number of carbonyl (C=O) groups excluding carboxylic acids is 1. The summed E-state index contributed by atoms with van der Waals surface area (Å²) in [6.45, 7) is 0.292. The predicted molar refractivity (Wildman–Crippen MR) is 85.2 cm³/mol. The molecule has 0 radical (unpaired) electrons. The van der Waals surface area contributed by atoms with Crippen LogP contribution < -0.4 is 10.1 Å². The highest BCUT2D eigenvalue weighted by Gasteiger charge is 2.12. The molecule has 6 nitrogen and oxygen atoms in total. The first-order valence-electron chi connectivity index (χ1n) is 7.28. The van der Waals surface area contributed by atoms with Gasteiger partial charge in [0.2, 0.25) is 5.91 Å². The Morgan fingerprint density at radius 2 is 2.26 bits per heavy atom. The van der Waals surface area contributed by atoms with Crippen LogP contribution in [0.1, 0.15) is 11.9 Å². The Bertz CT molecular complexity index is 792. The molecule has 0 bridgehead atoms. The number of aliphatic hydroxyl groups is 1. The number of fused-ring (bicyclic) bond motifs is 1. The molecule has 1 amide bonds. The molecular weight excluding hydrogens is 296 g/mol. The van der Waals surface area contributed by atoms with Crippen LogP contribution in [0.2, 0.25) is 0 Å². The van der Waals surface area contributed by atoms with Crippen molar-refractivity contribution in [3.63, 3.8) is 0 Å². The number of hydrogen-bond acceptors (Lipinski definition) is 4. The molecule has 3 rings (SSSR count). The number of rotatable bonds is 6. The lowest BCUT2D eigenvalue weighted by atomic mass is 10.2. The zero-order chi connectivity index (χ0) is 16.2. The second-order valence-electron chi connectivity index (χ2n) is 5.20. The summed E-state index contributed by atoms with van der Waals surface area (Å²) >= 11 is 0. The summed E-state index contributed by atoms with van der Waals surface area (Å²) in [6, 6.07) is 11.0. The quantitative estimate of drug-likeness (QED) is 0.730. The molecule has 2 aromatic heterocycles. The minimum atomic E-state index is -0.848. The number of aromatic nitrogens is 1. The third-order valence-corrected chi connectivity index (χ3v) is 3.66. The molecule has 0 fully saturated rings. The van der Waals surface area contributed by atoms with Gasteiger partial charge in [-0.05, 0) is 36.4 Å². The number of methoxy groups -OCH3 is 1. The average Bonchev–Trinajstić information content (AvgIpc) is 3.22. The number of nitrogens with one attached hydrogen (secondary N) is 1. The summed E-state index contributed by atoms with van der Waals surface area (Å²) in [5, 5.41) is 13.6. The summed E-state index contributed by atoms with van der Waals surface area (Å²) in [5.41, 5.74) is 0.951. The lowest BCUT2D eigenvalue weighted by molar-refractivity contribution is -0.122. The Balaban J connectivity index is 1.61. The van der Waals surface area contributed by atoms with Crippen molar-refractivity contribution in [1.29, 1.82) is 0 Å². The van der Waals surface area contributed by atoms with E-state index in [9.17, 15) is 9.90 Å². The summed E-state index contributed by atoms with van der Waals surface area (Å²) in [4.78, 5) is 12.1. The van der Waals surface area contributed by atoms with Crippen molar-refractivity contribution in [3.05, 3.63) is 54.6 Å². The lowest BCUT2D eigenvalue weighted by Gasteiger charge is -2.11. The van der Waals surface area contributed by atoms with Crippen molar-refractivity contribution in [3.8, 4) is 5.75 Å². The number of benzene rings is 1. The number of aliphatic hydroxyl groups excluding tert-OH is 1. The first kappa shape index (κ1) is 15.2. The Morgan fingerprint density at radius 1 is 1.39 bits per heavy atom. The molecule has 120 valence electrons. The number of hydrogen-bond donors (Lipinski definition) is 2. The SMILES string of the molecule is COc1ccc2c(ccn2CC(=O)NCC(O)c2ccco2)c1. The number of furan rings is 1. The van der Waals surface area contributed by atoms with Gasteiger partial charge >= 0.3 is 0 Å². The van der Waals surface area contributed by atoms with Gasteiger partial charge < -0.3 is 24.1 Å². The maximum absolute atomic E-state index is 12.1. The minimum absolute atomic E-state index is 0.110. The van der Waals surface area contributed by atoms with E-state index in [0.29, 0.717) is 5.76 Å². The Kier molecular flexibility index (Phi) is 4.34. The molecule has 1 unspecified atom stereocenters. The van der Waals surface area contributed by atoms with E-state index in [4.69, 9.17) is 9.15 Å². The second kappa shape index (κ2) is 6.58. The van der Waals surface area contributed by atoms with Gasteiger partial charge in [-0.3, -0.25) is 4.79 Å². The highest BCUT2D eigenvalue weighted by atomic mass is 16.5. The largest absolute Gasteiger partial charge is 0.497 e. The molecule has 1 atom stereocenters. The van der Waals surface area contributed by atoms with Gasteiger partial charge in [-0.1, -0.05) is 0 Å². The summed E-state index contributed by atoms with van der Waals surface area (Å²) in [6.07, 6.45) is 2.49. The Labute approximate surface area is 133 Å². The molecule has 0 aliphatic rings. The first-order chi connectivity index (χ1) is 11.2. The van der Waals surface area contributed by atoms with Crippen molar-refractivity contribution in [2.24, 2.45) is 0 Å². The van der Waals surface area contributed by atoms with Gasteiger partial charge in [0.25, 0.3) is 0 Å². The van der Waals surface area contributed by atoms with Gasteiger partial charge in [-0.2, -0.15) is 0 Å². The van der Waals surface area contributed by atoms with Crippen LogP contribution in [0.25, 0.3) is 10.9 Å². The second-order valence-corrected chi connectivity index (χ2v) is 5.20. The van der Waals surface area contributed by atoms with E-state index >= 15 is 0 Å². The van der Waals surface area contributed by atoms with E-state index in [1.54, 1.807) is 19.2 Å². The summed E-state index contributed by atoms with van der Waals surface area (Å²) in [7, 11) is 1.62. The van der Waals surface area contributed by atoms with Crippen molar-refractivity contribution >= 4 is 16.8 Å². The fraction of sp³-hybridized carbons (Fsp3) is 0.235. The Hall–Kier alpha value is -2.73. The number of carbonyl (C=O) groups is 1. The molecule has 2 N–H and O–H groups in total. The van der Waals surface area contributed by atoms with Crippen molar-refractivity contribution in [2.45, 2.75) is 12.6 Å². The topological polar surface area (TPSA) is 76.6 Å². The Morgan fingerprint density at radius 3 is 3.00 bits per heavy atom. The maximum atomic E-state index is 12.1. The summed E-state index contributed by atoms with van der Waals surface area (Å²) < 4.78 is 12.1. The van der Waals surface area contributed by atoms with Crippen molar-refractivity contribution in [1.82, 2.24) is 9.88 Å². The molecule has 0 spiro atoms. The van der Waals surface area contributed by atoms with E-state index in [1.807, 2.05) is 35.0 Å². The van der Waals surface area contributed by atoms with Gasteiger partial charge in [0, 0.05) is 17.1 Å². The van der Waals surface area contributed by atoms with Crippen molar-refractivity contribution in [2.75, 3.05) is 13.7 Å². The number of nitrogens with zero attached hydrogens (tertiary/aromatic N) is 1. The van der Waals surface area contributed by atoms with Gasteiger partial charge in [-0.15, -0.1) is 0 Å². The molecule has 0 aliphatic carbocycles. The molecule has 0 aliphatic heterocycles. The maximum Gasteiger partial charge on any atom is 0.240 e. The van der Waals surface area contributed by atoms with Crippen LogP contribution in [0.3, 0.4) is 0 Å². The number of amides is 1. The highest BCUT2D eigenvalue weighted by molar-refractivity contribution is 5.84. The number of ether oxygens (including phenoxy) is 1. The molecule has 6 heteroatoms. The fourth-order valence-corrected chi connectivity index (χ4v) is 2.45. The standard InChI is InChI=1S/C17H18N2O4/c1-22-13-4-5-14-12(9-13)6-7-19(14)11-17(21)18-10-15(20)16-3-2-8-23-16/h2-9,15,20H,10-11H2,1H3,(H,18,21). The van der Waals surface area contributed by atoms with Gasteiger partial charge in [0.05, 0.1) is 19.9 Å². The highest BCUT2D eigenvalue weighted by Crippen LogP contribution is 2.21. The zero-order valence-electron chi connectivity index (χ0n) is 12.7. The average molecular weight is 314 g/mol. The molecule has 0 saturated carbocycles. The predicted octanol–water partition coefficient (Wildman–Crippen LogP) is 2.09. The van der Waals surface area contributed by atoms with Crippen LogP contribution in [0.15, 0.2) is 53.3 Å². The van der Waals surface area contributed by atoms with Gasteiger partial charge in [0.15, 0.2) is 0 Å². The van der Waals surface area contributed by atoms with E-state index in [2.05, 4.69) is 5.32 Å². The lowest BCUT2D eigenvalue weighted by Crippen LogP contribution is -2.31. The fourth-order valence-electron chi connectivity index (χ4n) is 2.45. The molecule has 3 aromatic rings. The molecular formula is C17H18N2O4. The van der Waals surface area contributed by atoms with Crippen LogP contribution in [0.5, 0.6) is 5.75 Å². The van der Waals surface area contributed by atoms with Crippen LogP contribution in [-0.2, 0) is 11.3 Å². The monoisotopic (exact) mass is 314 g/mol. The van der Waals surface area contributed by atoms with E-state index < -0.39 is 6.10 Å². The van der Waals surface area contributed by atoms with Crippen LogP contribution >= 0.6 is 0 Å². The van der Waals surface area contributed by atoms with Gasteiger partial charge in [0.1, 0.15) is 24.2 Å². The third kappa shape index (κ3) is 3.37. The third-order valence-electron chi connectivity index (χ3n) is 3.66. The van der Waals surface area contributed by atoms with Crippen molar-refractivity contribution < 1.29 is 19.1 Å². The van der Waals surface area contributed by atoms with Gasteiger partial charge in [-0.25, -0.2) is 0 Å². The van der Waals surface area contributed by atoms with Crippen LogP contribution in [-0.4, -0.2) is 29.2 Å². The minimum Gasteiger partial charge on any atom is -0.497 e. The van der Waals surface area contributed by atoms with E-state index in [0.717, 1.165) is 16.7 Å². The molecule has 2 heterocycles. The van der Waals surface area contributed by atoms with E-state index in [1.165, 1.54) is 6.26 Å².